The van der Waals surface area contributed by atoms with Crippen LogP contribution in [0, 0.1) is 5.92 Å². The van der Waals surface area contributed by atoms with E-state index in [1.165, 1.54) is 13.1 Å². The van der Waals surface area contributed by atoms with Crippen LogP contribution >= 0.6 is 0 Å². The summed E-state index contributed by atoms with van der Waals surface area (Å²) < 4.78 is 5.56. The molecule has 76 valence electrons. The van der Waals surface area contributed by atoms with Gasteiger partial charge in [-0.25, -0.2) is 0 Å². The molecule has 0 aromatic rings. The lowest BCUT2D eigenvalue weighted by atomic mass is 9.88. The molecule has 2 heterocycles. The Balaban J connectivity index is 2.03. The summed E-state index contributed by atoms with van der Waals surface area (Å²) in [6.07, 6.45) is 0. The molecule has 2 saturated heterocycles. The van der Waals surface area contributed by atoms with E-state index in [4.69, 9.17) is 4.74 Å². The highest BCUT2D eigenvalue weighted by atomic mass is 16.5. The van der Waals surface area contributed by atoms with Gasteiger partial charge >= 0.3 is 0 Å². The highest BCUT2D eigenvalue weighted by Gasteiger charge is 2.42. The largest absolute Gasteiger partial charge is 0.379 e. The molecule has 2 atom stereocenters. The van der Waals surface area contributed by atoms with Gasteiger partial charge in [-0.15, -0.1) is 0 Å². The predicted octanol–water partition coefficient (Wildman–Crippen LogP) is 0.317. The van der Waals surface area contributed by atoms with Crippen LogP contribution in [0.2, 0.25) is 0 Å². The summed E-state index contributed by atoms with van der Waals surface area (Å²) in [5, 5.41) is 3.39. The van der Waals surface area contributed by atoms with Crippen molar-refractivity contribution in [3.63, 3.8) is 0 Å². The first-order valence-corrected chi connectivity index (χ1v) is 5.27. The van der Waals surface area contributed by atoms with Crippen molar-refractivity contribution in [2.75, 3.05) is 39.4 Å². The van der Waals surface area contributed by atoms with Crippen molar-refractivity contribution >= 4 is 0 Å². The predicted molar refractivity (Wildman–Crippen MR) is 52.8 cm³/mol. The van der Waals surface area contributed by atoms with Gasteiger partial charge < -0.3 is 10.1 Å². The van der Waals surface area contributed by atoms with E-state index in [0.29, 0.717) is 11.5 Å². The molecule has 13 heavy (non-hydrogen) atoms. The summed E-state index contributed by atoms with van der Waals surface area (Å²) in [7, 11) is 0. The summed E-state index contributed by atoms with van der Waals surface area (Å²) in [5.74, 6) is 0.672. The van der Waals surface area contributed by atoms with Crippen LogP contribution in [0.15, 0.2) is 0 Å². The molecule has 0 radical (unpaired) electrons. The van der Waals surface area contributed by atoms with Crippen LogP contribution in [0.4, 0.5) is 0 Å². The molecule has 0 spiro atoms. The van der Waals surface area contributed by atoms with Crippen molar-refractivity contribution in [2.45, 2.75) is 19.4 Å². The SMILES string of the molecule is CC1COCC1(C)N1CCNCC1. The molecule has 2 aliphatic heterocycles. The number of ether oxygens (including phenoxy) is 1. The van der Waals surface area contributed by atoms with E-state index in [1.54, 1.807) is 0 Å². The molecule has 1 N–H and O–H groups in total. The average molecular weight is 184 g/mol. The van der Waals surface area contributed by atoms with Crippen LogP contribution in [-0.4, -0.2) is 49.8 Å². The Morgan fingerprint density at radius 3 is 2.62 bits per heavy atom. The molecular weight excluding hydrogens is 164 g/mol. The Morgan fingerprint density at radius 1 is 1.38 bits per heavy atom. The van der Waals surface area contributed by atoms with Gasteiger partial charge in [0.1, 0.15) is 0 Å². The highest BCUT2D eigenvalue weighted by Crippen LogP contribution is 2.31. The minimum Gasteiger partial charge on any atom is -0.379 e. The fourth-order valence-electron chi connectivity index (χ4n) is 2.34. The van der Waals surface area contributed by atoms with Crippen LogP contribution in [0.3, 0.4) is 0 Å². The zero-order valence-corrected chi connectivity index (χ0v) is 8.68. The summed E-state index contributed by atoms with van der Waals surface area (Å²) >= 11 is 0. The smallest absolute Gasteiger partial charge is 0.0651 e. The van der Waals surface area contributed by atoms with E-state index in [2.05, 4.69) is 24.1 Å². The van der Waals surface area contributed by atoms with Crippen LogP contribution in [0.1, 0.15) is 13.8 Å². The standard InChI is InChI=1S/C10H20N2O/c1-9-7-13-8-10(9,2)12-5-3-11-4-6-12/h9,11H,3-8H2,1-2H3. The van der Waals surface area contributed by atoms with E-state index in [1.807, 2.05) is 0 Å². The Bertz CT molecular complexity index is 180. The molecule has 3 heteroatoms. The molecular formula is C10H20N2O. The summed E-state index contributed by atoms with van der Waals surface area (Å²) in [6, 6.07) is 0. The van der Waals surface area contributed by atoms with Gasteiger partial charge in [0, 0.05) is 31.7 Å². The second kappa shape index (κ2) is 3.56. The van der Waals surface area contributed by atoms with E-state index in [-0.39, 0.29) is 0 Å². The Hall–Kier alpha value is -0.120. The molecule has 0 aliphatic carbocycles. The third-order valence-electron chi connectivity index (χ3n) is 3.66. The van der Waals surface area contributed by atoms with Gasteiger partial charge in [-0.1, -0.05) is 6.92 Å². The van der Waals surface area contributed by atoms with Crippen molar-refractivity contribution in [3.8, 4) is 0 Å². The van der Waals surface area contributed by atoms with Crippen LogP contribution < -0.4 is 5.32 Å². The molecule has 0 aromatic heterocycles. The van der Waals surface area contributed by atoms with Crippen LogP contribution in [0.25, 0.3) is 0 Å². The van der Waals surface area contributed by atoms with Gasteiger partial charge in [0.25, 0.3) is 0 Å². The van der Waals surface area contributed by atoms with Crippen LogP contribution in [0.5, 0.6) is 0 Å². The maximum atomic E-state index is 5.56. The van der Waals surface area contributed by atoms with Gasteiger partial charge in [0.2, 0.25) is 0 Å². The second-order valence-corrected chi connectivity index (χ2v) is 4.51. The van der Waals surface area contributed by atoms with E-state index in [0.717, 1.165) is 26.3 Å². The van der Waals surface area contributed by atoms with Crippen molar-refractivity contribution in [2.24, 2.45) is 5.92 Å². The van der Waals surface area contributed by atoms with Gasteiger partial charge in [-0.05, 0) is 12.8 Å². The fourth-order valence-corrected chi connectivity index (χ4v) is 2.34. The lowest BCUT2D eigenvalue weighted by Crippen LogP contribution is -2.57. The quantitative estimate of drug-likeness (QED) is 0.635. The first-order valence-electron chi connectivity index (χ1n) is 5.27. The maximum Gasteiger partial charge on any atom is 0.0651 e. The van der Waals surface area contributed by atoms with Gasteiger partial charge in [-0.3, -0.25) is 4.90 Å². The molecule has 2 fully saturated rings. The van der Waals surface area contributed by atoms with Crippen molar-refractivity contribution < 1.29 is 4.74 Å². The Kier molecular flexibility index (Phi) is 2.58. The fraction of sp³-hybridized carbons (Fsp3) is 1.00. The molecule has 2 aliphatic rings. The van der Waals surface area contributed by atoms with E-state index < -0.39 is 0 Å². The van der Waals surface area contributed by atoms with Gasteiger partial charge in [0.05, 0.1) is 13.2 Å². The summed E-state index contributed by atoms with van der Waals surface area (Å²) in [4.78, 5) is 2.58. The molecule has 3 nitrogen and oxygen atoms in total. The molecule has 0 saturated carbocycles. The lowest BCUT2D eigenvalue weighted by Gasteiger charge is -2.42. The number of hydrogen-bond acceptors (Lipinski definition) is 3. The number of rotatable bonds is 1. The normalized spacial score (nSPS) is 42.5. The molecule has 0 bridgehead atoms. The highest BCUT2D eigenvalue weighted by molar-refractivity contribution is 4.96. The average Bonchev–Trinajstić information content (AvgIpc) is 2.50. The maximum absolute atomic E-state index is 5.56. The Morgan fingerprint density at radius 2 is 2.08 bits per heavy atom. The third-order valence-corrected chi connectivity index (χ3v) is 3.66. The minimum absolute atomic E-state index is 0.294. The van der Waals surface area contributed by atoms with Crippen LogP contribution in [-0.2, 0) is 4.74 Å². The number of piperazine rings is 1. The van der Waals surface area contributed by atoms with Crippen molar-refractivity contribution in [1.82, 2.24) is 10.2 Å². The van der Waals surface area contributed by atoms with Crippen molar-refractivity contribution in [1.29, 1.82) is 0 Å². The number of nitrogens with zero attached hydrogens (tertiary/aromatic N) is 1. The third kappa shape index (κ3) is 1.60. The summed E-state index contributed by atoms with van der Waals surface area (Å²) in [6.45, 7) is 11.1. The van der Waals surface area contributed by atoms with Gasteiger partial charge in [-0.2, -0.15) is 0 Å². The molecule has 0 amide bonds. The topological polar surface area (TPSA) is 24.5 Å². The minimum atomic E-state index is 0.294. The van der Waals surface area contributed by atoms with Crippen molar-refractivity contribution in [3.05, 3.63) is 0 Å². The zero-order chi connectivity index (χ0) is 9.31. The lowest BCUT2D eigenvalue weighted by molar-refractivity contribution is 0.0544. The Labute approximate surface area is 80.4 Å². The van der Waals surface area contributed by atoms with E-state index in [9.17, 15) is 0 Å². The number of nitrogens with one attached hydrogen (secondary N) is 1. The molecule has 2 unspecified atom stereocenters. The second-order valence-electron chi connectivity index (χ2n) is 4.51. The van der Waals surface area contributed by atoms with Gasteiger partial charge in [0.15, 0.2) is 0 Å². The number of hydrogen-bond donors (Lipinski definition) is 1. The monoisotopic (exact) mass is 184 g/mol. The summed E-state index contributed by atoms with van der Waals surface area (Å²) in [5.41, 5.74) is 0.294. The first-order chi connectivity index (χ1) is 6.23. The zero-order valence-electron chi connectivity index (χ0n) is 8.68. The van der Waals surface area contributed by atoms with E-state index >= 15 is 0 Å². The molecule has 2 rings (SSSR count). The molecule has 0 aromatic carbocycles. The first kappa shape index (κ1) is 9.44.